The molecule has 1 N–H and O–H groups in total. The molecule has 0 saturated heterocycles. The summed E-state index contributed by atoms with van der Waals surface area (Å²) in [7, 11) is 2.45. The Hall–Kier alpha value is -4.47. The van der Waals surface area contributed by atoms with E-state index in [1.807, 2.05) is 30.3 Å². The van der Waals surface area contributed by atoms with E-state index in [1.165, 1.54) is 7.11 Å². The summed E-state index contributed by atoms with van der Waals surface area (Å²) >= 11 is 0. The number of hydrogen-bond donors (Lipinski definition) is 1. The number of aromatic nitrogens is 2. The summed E-state index contributed by atoms with van der Waals surface area (Å²) < 4.78 is 20.8. The van der Waals surface area contributed by atoms with Gasteiger partial charge in [-0.05, 0) is 31.5 Å². The fourth-order valence-corrected chi connectivity index (χ4v) is 2.97. The lowest BCUT2D eigenvalue weighted by atomic mass is 10.0. The lowest BCUT2D eigenvalue weighted by Crippen LogP contribution is -2.43. The highest BCUT2D eigenvalue weighted by atomic mass is 16.6. The fourth-order valence-electron chi connectivity index (χ4n) is 2.97. The lowest BCUT2D eigenvalue weighted by Gasteiger charge is -2.25. The molecule has 35 heavy (non-hydrogen) atoms. The highest BCUT2D eigenvalue weighted by Gasteiger charge is 2.33. The quantitative estimate of drug-likeness (QED) is 0.482. The number of methoxy groups -OCH3 is 2. The number of nitrogens with one attached hydrogen (secondary N) is 1. The molecule has 3 aromatic rings. The van der Waals surface area contributed by atoms with Gasteiger partial charge in [0.1, 0.15) is 6.61 Å². The molecule has 10 heteroatoms. The first kappa shape index (κ1) is 25.2. The topological polar surface area (TPSA) is 126 Å². The number of hydrogen-bond acceptors (Lipinski definition) is 9. The standard InChI is InChI=1S/C25H25N3O7/c1-25(2,28-24(31)34-15-16-11-7-5-8-12-16)23-26-18(22(30)33-4)19(20(27-23)32-3)35-21(29)17-13-9-6-10-14-17/h5-14H,15H2,1-4H3,(H,28,31). The third-order valence-electron chi connectivity index (χ3n) is 4.80. The Morgan fingerprint density at radius 1 is 0.886 bits per heavy atom. The van der Waals surface area contributed by atoms with Crippen LogP contribution in [0.2, 0.25) is 0 Å². The Morgan fingerprint density at radius 2 is 1.51 bits per heavy atom. The van der Waals surface area contributed by atoms with Crippen molar-refractivity contribution in [3.8, 4) is 11.6 Å². The average molecular weight is 479 g/mol. The molecule has 0 aliphatic carbocycles. The molecule has 0 atom stereocenters. The molecule has 0 saturated carbocycles. The molecule has 1 amide bonds. The van der Waals surface area contributed by atoms with Crippen molar-refractivity contribution >= 4 is 18.0 Å². The second-order valence-electron chi connectivity index (χ2n) is 7.79. The molecule has 3 rings (SSSR count). The van der Waals surface area contributed by atoms with Crippen molar-refractivity contribution < 1.29 is 33.3 Å². The van der Waals surface area contributed by atoms with E-state index in [-0.39, 0.29) is 35.3 Å². The normalized spacial score (nSPS) is 10.7. The molecule has 0 aliphatic heterocycles. The van der Waals surface area contributed by atoms with Crippen molar-refractivity contribution in [2.24, 2.45) is 0 Å². The van der Waals surface area contributed by atoms with Crippen molar-refractivity contribution in [3.63, 3.8) is 0 Å². The number of carbonyl (C=O) groups excluding carboxylic acids is 3. The van der Waals surface area contributed by atoms with Gasteiger partial charge in [-0.3, -0.25) is 0 Å². The van der Waals surface area contributed by atoms with Crippen LogP contribution in [0, 0.1) is 0 Å². The van der Waals surface area contributed by atoms with Crippen molar-refractivity contribution in [1.82, 2.24) is 15.3 Å². The number of esters is 2. The molecule has 0 spiro atoms. The zero-order valence-electron chi connectivity index (χ0n) is 19.7. The smallest absolute Gasteiger partial charge is 0.408 e. The van der Waals surface area contributed by atoms with Gasteiger partial charge >= 0.3 is 18.0 Å². The Morgan fingerprint density at radius 3 is 2.11 bits per heavy atom. The van der Waals surface area contributed by atoms with Gasteiger partial charge < -0.3 is 24.3 Å². The molecule has 0 fully saturated rings. The minimum absolute atomic E-state index is 0.00548. The van der Waals surface area contributed by atoms with Gasteiger partial charge in [0.2, 0.25) is 5.75 Å². The molecule has 1 heterocycles. The molecule has 0 radical (unpaired) electrons. The summed E-state index contributed by atoms with van der Waals surface area (Å²) in [4.78, 5) is 46.0. The van der Waals surface area contributed by atoms with Gasteiger partial charge in [0.05, 0.1) is 25.3 Å². The van der Waals surface area contributed by atoms with Gasteiger partial charge in [0.15, 0.2) is 11.5 Å². The molecule has 10 nitrogen and oxygen atoms in total. The summed E-state index contributed by atoms with van der Waals surface area (Å²) in [6, 6.07) is 17.4. The van der Waals surface area contributed by atoms with Gasteiger partial charge in [-0.25, -0.2) is 19.4 Å². The molecule has 0 aliphatic rings. The Labute approximate surface area is 202 Å². The van der Waals surface area contributed by atoms with E-state index in [2.05, 4.69) is 15.3 Å². The summed E-state index contributed by atoms with van der Waals surface area (Å²) in [6.07, 6.45) is -0.722. The predicted octanol–water partition coefficient (Wildman–Crippen LogP) is 3.65. The van der Waals surface area contributed by atoms with Gasteiger partial charge in [0, 0.05) is 0 Å². The van der Waals surface area contributed by atoms with Crippen molar-refractivity contribution in [1.29, 1.82) is 0 Å². The molecular formula is C25H25N3O7. The first-order valence-electron chi connectivity index (χ1n) is 10.6. The Kier molecular flexibility index (Phi) is 7.98. The van der Waals surface area contributed by atoms with Crippen LogP contribution in [0.15, 0.2) is 60.7 Å². The van der Waals surface area contributed by atoms with Crippen LogP contribution >= 0.6 is 0 Å². The molecule has 182 valence electrons. The number of carbonyl (C=O) groups is 3. The average Bonchev–Trinajstić information content (AvgIpc) is 2.87. The first-order valence-corrected chi connectivity index (χ1v) is 10.6. The zero-order valence-corrected chi connectivity index (χ0v) is 19.7. The number of ether oxygens (including phenoxy) is 4. The molecule has 0 unspecified atom stereocenters. The number of amides is 1. The minimum atomic E-state index is -1.20. The Bertz CT molecular complexity index is 1200. The van der Waals surface area contributed by atoms with Gasteiger partial charge in [-0.15, -0.1) is 0 Å². The summed E-state index contributed by atoms with van der Waals surface area (Å²) in [6.45, 7) is 3.29. The van der Waals surface area contributed by atoms with Gasteiger partial charge in [0.25, 0.3) is 5.88 Å². The van der Waals surface area contributed by atoms with Crippen LogP contribution in [-0.2, 0) is 21.6 Å². The van der Waals surface area contributed by atoms with Crippen LogP contribution in [0.5, 0.6) is 11.6 Å². The van der Waals surface area contributed by atoms with Crippen molar-refractivity contribution in [2.75, 3.05) is 14.2 Å². The van der Waals surface area contributed by atoms with Gasteiger partial charge in [-0.1, -0.05) is 48.5 Å². The lowest BCUT2D eigenvalue weighted by molar-refractivity contribution is 0.0582. The van der Waals surface area contributed by atoms with E-state index in [4.69, 9.17) is 18.9 Å². The SMILES string of the molecule is COC(=O)c1nc(C(C)(C)NC(=O)OCc2ccccc2)nc(OC)c1OC(=O)c1ccccc1. The van der Waals surface area contributed by atoms with Crippen LogP contribution in [0.25, 0.3) is 0 Å². The molecule has 2 aromatic carbocycles. The van der Waals surface area contributed by atoms with E-state index in [1.54, 1.807) is 44.2 Å². The second kappa shape index (κ2) is 11.1. The minimum Gasteiger partial charge on any atom is -0.478 e. The third-order valence-corrected chi connectivity index (χ3v) is 4.80. The molecule has 0 bridgehead atoms. The third kappa shape index (κ3) is 6.32. The largest absolute Gasteiger partial charge is 0.478 e. The monoisotopic (exact) mass is 479 g/mol. The van der Waals surface area contributed by atoms with E-state index in [0.717, 1.165) is 12.7 Å². The van der Waals surface area contributed by atoms with Gasteiger partial charge in [-0.2, -0.15) is 4.98 Å². The number of nitrogens with zero attached hydrogens (tertiary/aromatic N) is 2. The summed E-state index contributed by atoms with van der Waals surface area (Å²) in [5.74, 6) is -2.12. The first-order chi connectivity index (χ1) is 16.7. The van der Waals surface area contributed by atoms with Crippen molar-refractivity contribution in [2.45, 2.75) is 26.0 Å². The molecule has 1 aromatic heterocycles. The van der Waals surface area contributed by atoms with Crippen LogP contribution in [0.4, 0.5) is 4.79 Å². The Balaban J connectivity index is 1.88. The maximum absolute atomic E-state index is 12.6. The van der Waals surface area contributed by atoms with E-state index >= 15 is 0 Å². The van der Waals surface area contributed by atoms with E-state index < -0.39 is 23.6 Å². The predicted molar refractivity (Wildman–Crippen MR) is 124 cm³/mol. The van der Waals surface area contributed by atoms with Crippen LogP contribution in [-0.4, -0.2) is 42.2 Å². The summed E-state index contributed by atoms with van der Waals surface area (Å²) in [5, 5.41) is 2.66. The second-order valence-corrected chi connectivity index (χ2v) is 7.79. The van der Waals surface area contributed by atoms with Crippen LogP contribution in [0.1, 0.15) is 46.1 Å². The number of rotatable bonds is 8. The highest BCUT2D eigenvalue weighted by molar-refractivity contribution is 5.95. The number of benzene rings is 2. The van der Waals surface area contributed by atoms with E-state index in [0.29, 0.717) is 0 Å². The number of alkyl carbamates (subject to hydrolysis) is 1. The zero-order chi connectivity index (χ0) is 25.4. The fraction of sp³-hybridized carbons (Fsp3) is 0.240. The highest BCUT2D eigenvalue weighted by Crippen LogP contribution is 2.32. The van der Waals surface area contributed by atoms with E-state index in [9.17, 15) is 14.4 Å². The van der Waals surface area contributed by atoms with Crippen LogP contribution < -0.4 is 14.8 Å². The maximum atomic E-state index is 12.6. The van der Waals surface area contributed by atoms with Crippen molar-refractivity contribution in [3.05, 3.63) is 83.3 Å². The summed E-state index contributed by atoms with van der Waals surface area (Å²) in [5.41, 5.74) is -0.481. The molecular weight excluding hydrogens is 454 g/mol. The maximum Gasteiger partial charge on any atom is 0.408 e. The van der Waals surface area contributed by atoms with Crippen LogP contribution in [0.3, 0.4) is 0 Å².